The number of nitrogens with one attached hydrogen (secondary N) is 2. The van der Waals surface area contributed by atoms with Gasteiger partial charge in [-0.3, -0.25) is 0 Å². The van der Waals surface area contributed by atoms with Crippen molar-refractivity contribution in [3.8, 4) is 17.2 Å². The second kappa shape index (κ2) is 8.10. The first-order chi connectivity index (χ1) is 11.7. The zero-order valence-electron chi connectivity index (χ0n) is 14.0. The summed E-state index contributed by atoms with van der Waals surface area (Å²) in [5, 5.41) is 5.74. The van der Waals surface area contributed by atoms with Crippen LogP contribution in [0, 0.1) is 5.92 Å². The lowest BCUT2D eigenvalue weighted by atomic mass is 10.1. The van der Waals surface area contributed by atoms with Crippen LogP contribution in [0.25, 0.3) is 0 Å². The molecule has 1 fully saturated rings. The van der Waals surface area contributed by atoms with Crippen LogP contribution in [0.2, 0.25) is 0 Å². The predicted molar refractivity (Wildman–Crippen MR) is 89.7 cm³/mol. The van der Waals surface area contributed by atoms with E-state index in [1.54, 1.807) is 6.07 Å². The summed E-state index contributed by atoms with van der Waals surface area (Å²) < 4.78 is 16.1. The van der Waals surface area contributed by atoms with Crippen LogP contribution in [-0.2, 0) is 0 Å². The Morgan fingerprint density at radius 1 is 1.33 bits per heavy atom. The van der Waals surface area contributed by atoms with Gasteiger partial charge in [-0.2, -0.15) is 0 Å². The van der Waals surface area contributed by atoms with Crippen LogP contribution in [0.3, 0.4) is 0 Å². The van der Waals surface area contributed by atoms with Gasteiger partial charge in [0.25, 0.3) is 0 Å². The van der Waals surface area contributed by atoms with Crippen molar-refractivity contribution in [3.63, 3.8) is 0 Å². The van der Waals surface area contributed by atoms with Gasteiger partial charge in [-0.05, 0) is 37.6 Å². The van der Waals surface area contributed by atoms with Crippen LogP contribution in [-0.4, -0.2) is 57.1 Å². The summed E-state index contributed by atoms with van der Waals surface area (Å²) in [4.78, 5) is 14.2. The Morgan fingerprint density at radius 3 is 3.04 bits per heavy atom. The molecule has 0 aliphatic carbocycles. The number of nitrogens with zero attached hydrogens (tertiary/aromatic N) is 1. The van der Waals surface area contributed by atoms with Gasteiger partial charge in [0.15, 0.2) is 11.5 Å². The number of hydrogen-bond donors (Lipinski definition) is 2. The summed E-state index contributed by atoms with van der Waals surface area (Å²) in [6.45, 7) is 7.29. The van der Waals surface area contributed by atoms with Crippen LogP contribution in [0.1, 0.15) is 13.3 Å². The molecule has 2 amide bonds. The van der Waals surface area contributed by atoms with Gasteiger partial charge in [0.05, 0.1) is 6.54 Å². The van der Waals surface area contributed by atoms with Crippen LogP contribution in [0.5, 0.6) is 17.2 Å². The van der Waals surface area contributed by atoms with Crippen molar-refractivity contribution in [2.45, 2.75) is 13.3 Å². The second-order valence-electron chi connectivity index (χ2n) is 6.05. The van der Waals surface area contributed by atoms with Crippen LogP contribution < -0.4 is 24.8 Å². The molecule has 1 atom stereocenters. The molecule has 3 rings (SSSR count). The number of hydrogen-bond acceptors (Lipinski definition) is 5. The summed E-state index contributed by atoms with van der Waals surface area (Å²) in [5.41, 5.74) is 0. The smallest absolute Gasteiger partial charge is 0.314 e. The predicted octanol–water partition coefficient (Wildman–Crippen LogP) is 1.44. The third-order valence-electron chi connectivity index (χ3n) is 4.37. The molecule has 2 aliphatic heterocycles. The molecule has 7 nitrogen and oxygen atoms in total. The Balaban J connectivity index is 1.28. The Hall–Kier alpha value is -2.15. The van der Waals surface area contributed by atoms with Gasteiger partial charge in [0, 0.05) is 19.2 Å². The number of fused-ring (bicyclic) bond motifs is 1. The van der Waals surface area contributed by atoms with Crippen molar-refractivity contribution in [2.75, 3.05) is 46.1 Å². The van der Waals surface area contributed by atoms with E-state index >= 15 is 0 Å². The molecule has 1 aromatic rings. The highest BCUT2D eigenvalue weighted by molar-refractivity contribution is 5.73. The van der Waals surface area contributed by atoms with Crippen molar-refractivity contribution < 1.29 is 19.0 Å². The van der Waals surface area contributed by atoms with E-state index in [0.29, 0.717) is 30.6 Å². The lowest BCUT2D eigenvalue weighted by molar-refractivity contribution is 0.173. The Morgan fingerprint density at radius 2 is 2.21 bits per heavy atom. The zero-order chi connectivity index (χ0) is 16.8. The second-order valence-corrected chi connectivity index (χ2v) is 6.05. The molecule has 24 heavy (non-hydrogen) atoms. The third-order valence-corrected chi connectivity index (χ3v) is 4.37. The average molecular weight is 335 g/mol. The summed E-state index contributed by atoms with van der Waals surface area (Å²) in [7, 11) is 0. The molecule has 2 N–H and O–H groups in total. The third kappa shape index (κ3) is 4.44. The lowest BCUT2D eigenvalue weighted by Gasteiger charge is -2.14. The van der Waals surface area contributed by atoms with E-state index in [2.05, 4.69) is 22.5 Å². The van der Waals surface area contributed by atoms with Crippen LogP contribution >= 0.6 is 0 Å². The fraction of sp³-hybridized carbons (Fsp3) is 0.588. The first-order valence-corrected chi connectivity index (χ1v) is 8.51. The zero-order valence-corrected chi connectivity index (χ0v) is 14.0. The van der Waals surface area contributed by atoms with E-state index in [1.165, 1.54) is 0 Å². The Labute approximate surface area is 142 Å². The number of carbonyl (C=O) groups excluding carboxylic acids is 1. The van der Waals surface area contributed by atoms with Crippen molar-refractivity contribution in [1.82, 2.24) is 15.5 Å². The van der Waals surface area contributed by atoms with Crippen molar-refractivity contribution in [3.05, 3.63) is 18.2 Å². The van der Waals surface area contributed by atoms with Crippen molar-refractivity contribution >= 4 is 6.03 Å². The fourth-order valence-corrected chi connectivity index (χ4v) is 2.97. The van der Waals surface area contributed by atoms with Crippen molar-refractivity contribution in [2.24, 2.45) is 5.92 Å². The van der Waals surface area contributed by atoms with Crippen LogP contribution in [0.15, 0.2) is 18.2 Å². The van der Waals surface area contributed by atoms with E-state index in [0.717, 1.165) is 38.3 Å². The Bertz CT molecular complexity index is 567. The van der Waals surface area contributed by atoms with Gasteiger partial charge in [-0.25, -0.2) is 4.79 Å². The molecule has 0 radical (unpaired) electrons. The molecule has 132 valence electrons. The summed E-state index contributed by atoms with van der Waals surface area (Å²) in [6, 6.07) is 5.30. The molecule has 1 unspecified atom stereocenters. The number of benzene rings is 1. The van der Waals surface area contributed by atoms with Gasteiger partial charge in [-0.1, -0.05) is 6.92 Å². The van der Waals surface area contributed by atoms with Gasteiger partial charge in [0.2, 0.25) is 6.79 Å². The average Bonchev–Trinajstić information content (AvgIpc) is 3.25. The van der Waals surface area contributed by atoms with E-state index in [4.69, 9.17) is 14.2 Å². The highest BCUT2D eigenvalue weighted by atomic mass is 16.7. The number of amides is 2. The normalized spacial score (nSPS) is 19.3. The highest BCUT2D eigenvalue weighted by Crippen LogP contribution is 2.34. The van der Waals surface area contributed by atoms with E-state index < -0.39 is 0 Å². The van der Waals surface area contributed by atoms with Gasteiger partial charge in [-0.15, -0.1) is 0 Å². The van der Waals surface area contributed by atoms with Crippen LogP contribution in [0.4, 0.5) is 4.79 Å². The summed E-state index contributed by atoms with van der Waals surface area (Å²) >= 11 is 0. The van der Waals surface area contributed by atoms with Gasteiger partial charge < -0.3 is 29.7 Å². The summed E-state index contributed by atoms with van der Waals surface area (Å²) in [6.07, 6.45) is 1.15. The molecular weight excluding hydrogens is 310 g/mol. The number of carbonyl (C=O) groups is 1. The van der Waals surface area contributed by atoms with E-state index in [1.807, 2.05) is 12.1 Å². The standard InChI is InChI=1S/C17H25N3O4/c1-2-20-7-5-13(11-20)10-19-17(21)18-6-8-22-14-3-4-15-16(9-14)24-12-23-15/h3-4,9,13H,2,5-8,10-12H2,1H3,(H2,18,19,21). The number of likely N-dealkylation sites (tertiary alicyclic amines) is 1. The monoisotopic (exact) mass is 335 g/mol. The number of ether oxygens (including phenoxy) is 3. The van der Waals surface area contributed by atoms with Crippen molar-refractivity contribution in [1.29, 1.82) is 0 Å². The highest BCUT2D eigenvalue weighted by Gasteiger charge is 2.21. The molecule has 2 aliphatic rings. The largest absolute Gasteiger partial charge is 0.492 e. The van der Waals surface area contributed by atoms with Gasteiger partial charge >= 0.3 is 6.03 Å². The van der Waals surface area contributed by atoms with E-state index in [-0.39, 0.29) is 12.8 Å². The molecule has 0 aromatic heterocycles. The first kappa shape index (κ1) is 16.7. The molecule has 0 bridgehead atoms. The number of urea groups is 1. The Kier molecular flexibility index (Phi) is 5.63. The minimum Gasteiger partial charge on any atom is -0.492 e. The fourth-order valence-electron chi connectivity index (χ4n) is 2.97. The molecule has 0 saturated carbocycles. The molecule has 2 heterocycles. The summed E-state index contributed by atoms with van der Waals surface area (Å²) in [5.74, 6) is 2.68. The molecule has 7 heteroatoms. The van der Waals surface area contributed by atoms with Gasteiger partial charge in [0.1, 0.15) is 12.4 Å². The molecule has 0 spiro atoms. The SMILES string of the molecule is CCN1CCC(CNC(=O)NCCOc2ccc3c(c2)OCO3)C1. The first-order valence-electron chi connectivity index (χ1n) is 8.51. The van der Waals surface area contributed by atoms with E-state index in [9.17, 15) is 4.79 Å². The molecule has 1 saturated heterocycles. The lowest BCUT2D eigenvalue weighted by Crippen LogP contribution is -2.40. The topological polar surface area (TPSA) is 72.1 Å². The maximum Gasteiger partial charge on any atom is 0.314 e. The minimum absolute atomic E-state index is 0.140. The maximum atomic E-state index is 11.8. The molecular formula is C17H25N3O4. The quantitative estimate of drug-likeness (QED) is 0.738. The maximum absolute atomic E-state index is 11.8. The molecule has 1 aromatic carbocycles. The number of rotatable bonds is 7. The minimum atomic E-state index is -0.140.